The average molecular weight is 669 g/mol. The van der Waals surface area contributed by atoms with Crippen LogP contribution in [0.25, 0.3) is 0 Å². The standard InChI is InChI=1S/C32H34ClF5N4O4/c1-40(2)23-16-41(17-31(23,34)35)26(43)18-9-10-19-22(15-18)42(39-25(19)29(28(45)46)11-4-3-5-12-29)27(44)24-20(7-6-8-21(24)33)30(13-14-30)32(36,37)38/h3-4,6-8,18,23H,5,9-17H2,1-2H3,(H,45,46)/t18?,23?,29-/m1/s1. The van der Waals surface area contributed by atoms with Crippen LogP contribution in [0.15, 0.2) is 30.4 Å². The number of halogens is 6. The van der Waals surface area contributed by atoms with Gasteiger partial charge in [-0.1, -0.05) is 35.9 Å². The normalized spacial score (nSPS) is 26.7. The minimum absolute atomic E-state index is 0.0889. The molecule has 0 radical (unpaired) electrons. The first-order chi connectivity index (χ1) is 21.5. The molecule has 1 saturated carbocycles. The van der Waals surface area contributed by atoms with E-state index in [0.29, 0.717) is 12.0 Å². The van der Waals surface area contributed by atoms with Crippen LogP contribution >= 0.6 is 11.6 Å². The number of carboxylic acid groups (broad SMARTS) is 1. The second-order valence-electron chi connectivity index (χ2n) is 13.2. The Kier molecular flexibility index (Phi) is 7.90. The number of aliphatic carboxylic acids is 1. The number of alkyl halides is 5. The molecule has 2 unspecified atom stereocenters. The third-order valence-corrected chi connectivity index (χ3v) is 10.6. The Labute approximate surface area is 267 Å². The van der Waals surface area contributed by atoms with Gasteiger partial charge in [0.05, 0.1) is 40.0 Å². The lowest BCUT2D eigenvalue weighted by atomic mass is 9.71. The summed E-state index contributed by atoms with van der Waals surface area (Å²) in [6.45, 7) is -0.957. The Hall–Kier alpha value is -3.32. The van der Waals surface area contributed by atoms with E-state index in [1.165, 1.54) is 37.2 Å². The molecule has 1 saturated heterocycles. The lowest BCUT2D eigenvalue weighted by Gasteiger charge is -2.31. The highest BCUT2D eigenvalue weighted by Gasteiger charge is 2.65. The number of carboxylic acids is 1. The monoisotopic (exact) mass is 668 g/mol. The van der Waals surface area contributed by atoms with Crippen molar-refractivity contribution in [3.8, 4) is 0 Å². The van der Waals surface area contributed by atoms with E-state index in [-0.39, 0.29) is 79.0 Å². The van der Waals surface area contributed by atoms with Gasteiger partial charge in [-0.05, 0) is 76.2 Å². The third-order valence-electron chi connectivity index (χ3n) is 10.3. The number of carbonyl (C=O) groups excluding carboxylic acids is 2. The van der Waals surface area contributed by atoms with Gasteiger partial charge in [0.1, 0.15) is 5.41 Å². The van der Waals surface area contributed by atoms with Crippen LogP contribution in [0.4, 0.5) is 22.0 Å². The van der Waals surface area contributed by atoms with Crippen molar-refractivity contribution in [3.63, 3.8) is 0 Å². The van der Waals surface area contributed by atoms with Crippen molar-refractivity contribution in [2.75, 3.05) is 27.2 Å². The number of fused-ring (bicyclic) bond motifs is 1. The van der Waals surface area contributed by atoms with Crippen molar-refractivity contribution in [1.82, 2.24) is 19.6 Å². The summed E-state index contributed by atoms with van der Waals surface area (Å²) in [5, 5.41) is 14.8. The number of likely N-dealkylation sites (N-methyl/N-ethyl adjacent to an activating group) is 1. The molecular weight excluding hydrogens is 635 g/mol. The molecule has 3 atom stereocenters. The fourth-order valence-electron chi connectivity index (χ4n) is 7.53. The van der Waals surface area contributed by atoms with Crippen LogP contribution in [-0.4, -0.2) is 87.8 Å². The third kappa shape index (κ3) is 5.04. The highest BCUT2D eigenvalue weighted by Crippen LogP contribution is 2.60. The smallest absolute Gasteiger partial charge is 0.398 e. The Morgan fingerprint density at radius 1 is 1.11 bits per heavy atom. The summed E-state index contributed by atoms with van der Waals surface area (Å²) >= 11 is 6.44. The van der Waals surface area contributed by atoms with Crippen LogP contribution in [-0.2, 0) is 33.3 Å². The van der Waals surface area contributed by atoms with Crippen LogP contribution in [0.5, 0.6) is 0 Å². The Morgan fingerprint density at radius 2 is 1.83 bits per heavy atom. The predicted octanol–water partition coefficient (Wildman–Crippen LogP) is 5.39. The van der Waals surface area contributed by atoms with E-state index in [1.54, 1.807) is 6.08 Å². The summed E-state index contributed by atoms with van der Waals surface area (Å²) in [7, 11) is 3.02. The number of likely N-dealkylation sites (tertiary alicyclic amines) is 1. The molecule has 2 heterocycles. The summed E-state index contributed by atoms with van der Waals surface area (Å²) in [6.07, 6.45) is -0.613. The zero-order valence-corrected chi connectivity index (χ0v) is 26.1. The van der Waals surface area contributed by atoms with Crippen molar-refractivity contribution in [3.05, 3.63) is 63.5 Å². The fraction of sp³-hybridized carbons (Fsp3) is 0.562. The lowest BCUT2D eigenvalue weighted by molar-refractivity contribution is -0.160. The van der Waals surface area contributed by atoms with Gasteiger partial charge < -0.3 is 10.0 Å². The predicted molar refractivity (Wildman–Crippen MR) is 157 cm³/mol. The number of amides is 1. The van der Waals surface area contributed by atoms with E-state index in [4.69, 9.17) is 11.6 Å². The molecule has 14 heteroatoms. The summed E-state index contributed by atoms with van der Waals surface area (Å²) < 4.78 is 73.3. The molecule has 1 aliphatic heterocycles. The summed E-state index contributed by atoms with van der Waals surface area (Å²) in [5.74, 6) is -6.61. The van der Waals surface area contributed by atoms with Gasteiger partial charge in [0, 0.05) is 18.9 Å². The van der Waals surface area contributed by atoms with Crippen LogP contribution in [0.2, 0.25) is 5.02 Å². The van der Waals surface area contributed by atoms with E-state index >= 15 is 0 Å². The molecule has 2 aromatic rings. The summed E-state index contributed by atoms with van der Waals surface area (Å²) in [4.78, 5) is 43.3. The average Bonchev–Trinajstić information content (AvgIpc) is 3.64. The first kappa shape index (κ1) is 32.6. The number of allylic oxidation sites excluding steroid dienone is 2. The van der Waals surface area contributed by atoms with Gasteiger partial charge in [-0.15, -0.1) is 0 Å². The topological polar surface area (TPSA) is 95.7 Å². The second kappa shape index (κ2) is 11.1. The minimum atomic E-state index is -4.65. The van der Waals surface area contributed by atoms with Gasteiger partial charge >= 0.3 is 12.1 Å². The summed E-state index contributed by atoms with van der Waals surface area (Å²) in [5.41, 5.74) is -3.65. The maximum Gasteiger partial charge on any atom is 0.398 e. The highest BCUT2D eigenvalue weighted by atomic mass is 35.5. The van der Waals surface area contributed by atoms with E-state index < -0.39 is 59.2 Å². The highest BCUT2D eigenvalue weighted by molar-refractivity contribution is 6.34. The fourth-order valence-corrected chi connectivity index (χ4v) is 7.79. The van der Waals surface area contributed by atoms with Crippen molar-refractivity contribution in [2.24, 2.45) is 5.92 Å². The number of hydrogen-bond donors (Lipinski definition) is 1. The lowest BCUT2D eigenvalue weighted by Crippen LogP contribution is -2.42. The number of nitrogens with zero attached hydrogens (tertiary/aromatic N) is 4. The van der Waals surface area contributed by atoms with E-state index in [1.807, 2.05) is 6.08 Å². The Morgan fingerprint density at radius 3 is 2.39 bits per heavy atom. The van der Waals surface area contributed by atoms with Crippen molar-refractivity contribution >= 4 is 29.4 Å². The molecular formula is C32H34ClF5N4O4. The molecule has 1 N–H and O–H groups in total. The number of rotatable bonds is 6. The molecule has 46 heavy (non-hydrogen) atoms. The van der Waals surface area contributed by atoms with Gasteiger partial charge in [0.15, 0.2) is 0 Å². The molecule has 2 fully saturated rings. The van der Waals surface area contributed by atoms with Crippen molar-refractivity contribution in [2.45, 2.75) is 80.3 Å². The second-order valence-corrected chi connectivity index (χ2v) is 13.6. The molecule has 1 aromatic heterocycles. The van der Waals surface area contributed by atoms with Gasteiger partial charge in [0.25, 0.3) is 11.8 Å². The number of aromatic nitrogens is 2. The maximum atomic E-state index is 14.8. The molecule has 0 spiro atoms. The van der Waals surface area contributed by atoms with E-state index in [2.05, 4.69) is 5.10 Å². The molecule has 8 nitrogen and oxygen atoms in total. The van der Waals surface area contributed by atoms with E-state index in [9.17, 15) is 41.4 Å². The largest absolute Gasteiger partial charge is 0.481 e. The molecule has 0 bridgehead atoms. The van der Waals surface area contributed by atoms with Crippen LogP contribution in [0, 0.1) is 5.92 Å². The van der Waals surface area contributed by atoms with Crippen LogP contribution in [0.1, 0.15) is 71.4 Å². The van der Waals surface area contributed by atoms with Crippen LogP contribution < -0.4 is 0 Å². The Bertz CT molecular complexity index is 1630. The van der Waals surface area contributed by atoms with Gasteiger partial charge in [-0.3, -0.25) is 19.3 Å². The summed E-state index contributed by atoms with van der Waals surface area (Å²) in [6, 6.07) is 2.71. The first-order valence-electron chi connectivity index (χ1n) is 15.3. The number of hydrogen-bond acceptors (Lipinski definition) is 5. The zero-order valence-electron chi connectivity index (χ0n) is 25.3. The Balaban J connectivity index is 1.45. The minimum Gasteiger partial charge on any atom is -0.481 e. The van der Waals surface area contributed by atoms with E-state index in [0.717, 1.165) is 9.58 Å². The van der Waals surface area contributed by atoms with Crippen LogP contribution in [0.3, 0.4) is 0 Å². The molecule has 1 amide bonds. The van der Waals surface area contributed by atoms with Crippen molar-refractivity contribution < 1.29 is 41.4 Å². The molecule has 3 aliphatic carbocycles. The quantitative estimate of drug-likeness (QED) is 0.328. The van der Waals surface area contributed by atoms with Gasteiger partial charge in [-0.2, -0.15) is 18.3 Å². The van der Waals surface area contributed by atoms with Gasteiger partial charge in [0.2, 0.25) is 5.91 Å². The molecule has 248 valence electrons. The number of carbonyl (C=O) groups is 3. The van der Waals surface area contributed by atoms with Gasteiger partial charge in [-0.25, -0.2) is 13.5 Å². The molecule has 6 rings (SSSR count). The first-order valence-corrected chi connectivity index (χ1v) is 15.6. The maximum absolute atomic E-state index is 14.8. The van der Waals surface area contributed by atoms with Crippen molar-refractivity contribution in [1.29, 1.82) is 0 Å². The molecule has 1 aromatic carbocycles. The zero-order chi connectivity index (χ0) is 33.4. The SMILES string of the molecule is CN(C)C1CN(C(=O)C2CCc3c([C@@]4(C(=O)O)CC=CCC4)nn(C(=O)c4c(Cl)cccc4C4(C(F)(F)F)CC4)c3C2)CC1(F)F. The molecule has 4 aliphatic rings. The number of benzene rings is 1.